The van der Waals surface area contributed by atoms with Gasteiger partial charge >= 0.3 is 6.18 Å². The number of thioether (sulfide) groups is 1. The number of hydrogen-bond acceptors (Lipinski definition) is 5. The first-order valence-corrected chi connectivity index (χ1v) is 10.5. The number of fused-ring (bicyclic) bond motifs is 1. The molecule has 1 fully saturated rings. The topological polar surface area (TPSA) is 71.2 Å². The molecule has 0 unspecified atom stereocenters. The molecule has 3 aromatic rings. The normalized spacial score (nSPS) is 15.5. The Hall–Kier alpha value is -3.11. The second-order valence-electron chi connectivity index (χ2n) is 7.07. The minimum atomic E-state index is -4.68. The van der Waals surface area contributed by atoms with Crippen molar-refractivity contribution in [2.75, 3.05) is 7.11 Å². The minimum absolute atomic E-state index is 0.0623. The van der Waals surface area contributed by atoms with Crippen LogP contribution in [0.5, 0.6) is 5.75 Å². The number of H-pyrrole nitrogens is 1. The summed E-state index contributed by atoms with van der Waals surface area (Å²) >= 11 is 6.15. The average molecular weight is 477 g/mol. The lowest BCUT2D eigenvalue weighted by molar-refractivity contribution is -0.141. The molecule has 1 aliphatic heterocycles. The Kier molecular flexibility index (Phi) is 5.59. The van der Waals surface area contributed by atoms with E-state index in [1.54, 1.807) is 37.3 Å². The number of halogens is 3. The number of aromatic nitrogens is 1. The Labute approximate surface area is 189 Å². The van der Waals surface area contributed by atoms with Gasteiger partial charge in [-0.2, -0.15) is 13.2 Å². The second-order valence-corrected chi connectivity index (χ2v) is 8.79. The number of amides is 1. The molecule has 2 aromatic carbocycles. The molecule has 1 amide bonds. The molecule has 1 aliphatic rings. The standard InChI is InChI=1S/C22H15F3N2O3S2/c1-10-5-14-15(26-19(9-16(14)28)22(23,24)25)8-12(10)13-6-11(3-4-17(13)30-2)7-18-20(29)27-21(31)32-18/h3-9H,1-2H3,(H,26,28)(H,27,29,31)/b18-7-. The highest BCUT2D eigenvalue weighted by molar-refractivity contribution is 8.26. The van der Waals surface area contributed by atoms with Crippen molar-refractivity contribution in [2.24, 2.45) is 0 Å². The molecule has 10 heteroatoms. The highest BCUT2D eigenvalue weighted by Gasteiger charge is 2.32. The summed E-state index contributed by atoms with van der Waals surface area (Å²) in [5.74, 6) is 0.194. The van der Waals surface area contributed by atoms with Gasteiger partial charge in [0.2, 0.25) is 0 Å². The number of rotatable bonds is 3. The predicted molar refractivity (Wildman–Crippen MR) is 123 cm³/mol. The number of methoxy groups -OCH3 is 1. The van der Waals surface area contributed by atoms with Crippen molar-refractivity contribution in [1.82, 2.24) is 10.3 Å². The van der Waals surface area contributed by atoms with Crippen LogP contribution in [0.1, 0.15) is 16.8 Å². The van der Waals surface area contributed by atoms with Crippen LogP contribution in [0.4, 0.5) is 13.2 Å². The number of carbonyl (C=O) groups excluding carboxylic acids is 1. The third kappa shape index (κ3) is 4.15. The number of aryl methyl sites for hydroxylation is 1. The smallest absolute Gasteiger partial charge is 0.431 e. The third-order valence-electron chi connectivity index (χ3n) is 4.93. The number of carbonyl (C=O) groups is 1. The summed E-state index contributed by atoms with van der Waals surface area (Å²) < 4.78 is 45.4. The molecular weight excluding hydrogens is 461 g/mol. The van der Waals surface area contributed by atoms with Gasteiger partial charge in [0.1, 0.15) is 15.8 Å². The predicted octanol–water partition coefficient (Wildman–Crippen LogP) is 5.02. The lowest BCUT2D eigenvalue weighted by Gasteiger charge is -2.14. The van der Waals surface area contributed by atoms with Gasteiger partial charge < -0.3 is 15.0 Å². The third-order valence-corrected chi connectivity index (χ3v) is 6.10. The van der Waals surface area contributed by atoms with Crippen LogP contribution in [0.15, 0.2) is 46.1 Å². The van der Waals surface area contributed by atoms with Crippen molar-refractivity contribution in [1.29, 1.82) is 0 Å². The number of pyridine rings is 1. The Morgan fingerprint density at radius 3 is 2.47 bits per heavy atom. The summed E-state index contributed by atoms with van der Waals surface area (Å²) in [6, 6.07) is 8.83. The second kappa shape index (κ2) is 8.10. The van der Waals surface area contributed by atoms with Crippen LogP contribution >= 0.6 is 24.0 Å². The maximum absolute atomic E-state index is 13.2. The van der Waals surface area contributed by atoms with E-state index in [-0.39, 0.29) is 16.8 Å². The number of hydrogen-bond donors (Lipinski definition) is 2. The van der Waals surface area contributed by atoms with E-state index in [1.165, 1.54) is 13.2 Å². The molecule has 0 radical (unpaired) electrons. The molecule has 4 rings (SSSR count). The van der Waals surface area contributed by atoms with E-state index in [0.29, 0.717) is 43.3 Å². The van der Waals surface area contributed by atoms with E-state index in [9.17, 15) is 22.8 Å². The number of aromatic amines is 1. The van der Waals surface area contributed by atoms with Crippen molar-refractivity contribution in [3.05, 3.63) is 68.3 Å². The molecule has 1 saturated heterocycles. The zero-order chi connectivity index (χ0) is 23.2. The zero-order valence-electron chi connectivity index (χ0n) is 16.7. The molecule has 2 heterocycles. The van der Waals surface area contributed by atoms with E-state index in [0.717, 1.165) is 11.8 Å². The number of ether oxygens (including phenoxy) is 1. The maximum Gasteiger partial charge on any atom is 0.431 e. The van der Waals surface area contributed by atoms with E-state index in [1.807, 2.05) is 0 Å². The quantitative estimate of drug-likeness (QED) is 0.410. The van der Waals surface area contributed by atoms with Crippen LogP contribution in [-0.4, -0.2) is 22.3 Å². The summed E-state index contributed by atoms with van der Waals surface area (Å²) in [7, 11) is 1.48. The van der Waals surface area contributed by atoms with Crippen LogP contribution in [-0.2, 0) is 11.0 Å². The molecule has 2 N–H and O–H groups in total. The first-order chi connectivity index (χ1) is 15.1. The summed E-state index contributed by atoms with van der Waals surface area (Å²) in [4.78, 5) is 27.0. The maximum atomic E-state index is 13.2. The molecule has 0 bridgehead atoms. The van der Waals surface area contributed by atoms with Gasteiger partial charge in [0.05, 0.1) is 17.5 Å². The Morgan fingerprint density at radius 1 is 1.09 bits per heavy atom. The molecule has 0 saturated carbocycles. The first-order valence-electron chi connectivity index (χ1n) is 9.25. The lowest BCUT2D eigenvalue weighted by Crippen LogP contribution is -2.17. The van der Waals surface area contributed by atoms with E-state index >= 15 is 0 Å². The largest absolute Gasteiger partial charge is 0.496 e. The van der Waals surface area contributed by atoms with Crippen molar-refractivity contribution in [3.8, 4) is 16.9 Å². The highest BCUT2D eigenvalue weighted by Crippen LogP contribution is 2.37. The van der Waals surface area contributed by atoms with Crippen LogP contribution in [0.3, 0.4) is 0 Å². The van der Waals surface area contributed by atoms with Gasteiger partial charge in [0.15, 0.2) is 5.43 Å². The lowest BCUT2D eigenvalue weighted by atomic mass is 9.95. The fourth-order valence-electron chi connectivity index (χ4n) is 3.45. The van der Waals surface area contributed by atoms with Crippen LogP contribution in [0.2, 0.25) is 0 Å². The minimum Gasteiger partial charge on any atom is -0.496 e. The Balaban J connectivity index is 1.90. The molecule has 0 aliphatic carbocycles. The summed E-state index contributed by atoms with van der Waals surface area (Å²) in [5, 5.41) is 2.70. The van der Waals surface area contributed by atoms with Crippen LogP contribution in [0.25, 0.3) is 28.1 Å². The van der Waals surface area contributed by atoms with Gasteiger partial charge in [0.25, 0.3) is 5.91 Å². The summed E-state index contributed by atoms with van der Waals surface area (Å²) in [6.07, 6.45) is -3.01. The van der Waals surface area contributed by atoms with E-state index < -0.39 is 17.3 Å². The molecule has 1 aromatic heterocycles. The zero-order valence-corrected chi connectivity index (χ0v) is 18.3. The van der Waals surface area contributed by atoms with Gasteiger partial charge in [-0.05, 0) is 54.0 Å². The number of nitrogens with one attached hydrogen (secondary N) is 2. The molecule has 5 nitrogen and oxygen atoms in total. The van der Waals surface area contributed by atoms with Gasteiger partial charge in [-0.15, -0.1) is 0 Å². The monoisotopic (exact) mass is 476 g/mol. The van der Waals surface area contributed by atoms with Gasteiger partial charge in [-0.25, -0.2) is 0 Å². The molecule has 32 heavy (non-hydrogen) atoms. The molecule has 0 atom stereocenters. The van der Waals surface area contributed by atoms with Crippen LogP contribution in [0, 0.1) is 6.92 Å². The molecule has 164 valence electrons. The first kappa shape index (κ1) is 22.1. The Morgan fingerprint density at radius 2 is 1.84 bits per heavy atom. The average Bonchev–Trinajstić information content (AvgIpc) is 3.04. The van der Waals surface area contributed by atoms with Crippen LogP contribution < -0.4 is 15.5 Å². The van der Waals surface area contributed by atoms with Crippen molar-refractivity contribution >= 4 is 51.2 Å². The fourth-order valence-corrected chi connectivity index (χ4v) is 4.49. The number of alkyl halides is 3. The molecular formula is C22H15F3N2O3S2. The molecule has 0 spiro atoms. The summed E-state index contributed by atoms with van der Waals surface area (Å²) in [5.41, 5.74) is 0.781. The van der Waals surface area contributed by atoms with Gasteiger partial charge in [0, 0.05) is 17.0 Å². The number of benzene rings is 2. The fraction of sp³-hybridized carbons (Fsp3) is 0.136. The van der Waals surface area contributed by atoms with Gasteiger partial charge in [-0.3, -0.25) is 9.59 Å². The SMILES string of the molecule is COc1ccc(/C=C2\SC(=S)NC2=O)cc1-c1cc2[nH]c(C(F)(F)F)cc(=O)c2cc1C. The van der Waals surface area contributed by atoms with Crippen molar-refractivity contribution in [3.63, 3.8) is 0 Å². The van der Waals surface area contributed by atoms with Crippen molar-refractivity contribution < 1.29 is 22.7 Å². The van der Waals surface area contributed by atoms with E-state index in [4.69, 9.17) is 17.0 Å². The van der Waals surface area contributed by atoms with Crippen molar-refractivity contribution in [2.45, 2.75) is 13.1 Å². The highest BCUT2D eigenvalue weighted by atomic mass is 32.2. The Bertz CT molecular complexity index is 1380. The van der Waals surface area contributed by atoms with E-state index in [2.05, 4.69) is 10.3 Å². The van der Waals surface area contributed by atoms with Gasteiger partial charge in [-0.1, -0.05) is 30.0 Å². The summed E-state index contributed by atoms with van der Waals surface area (Å²) in [6.45, 7) is 1.76. The number of thiocarbonyl (C=S) groups is 1.